The molecule has 0 aliphatic rings. The predicted octanol–water partition coefficient (Wildman–Crippen LogP) is 5.79. The van der Waals surface area contributed by atoms with Gasteiger partial charge in [0, 0.05) is 5.02 Å². The highest BCUT2D eigenvalue weighted by Crippen LogP contribution is 2.28. The number of nitrogens with zero attached hydrogens (tertiary/aromatic N) is 1. The Hall–Kier alpha value is -2.44. The average molecular weight is 411 g/mol. The van der Waals surface area contributed by atoms with Crippen molar-refractivity contribution in [1.82, 2.24) is 10.2 Å². The van der Waals surface area contributed by atoms with E-state index in [9.17, 15) is 9.18 Å². The molecule has 3 aromatic rings. The highest BCUT2D eigenvalue weighted by atomic mass is 35.5. The maximum absolute atomic E-state index is 13.8. The Labute approximate surface area is 165 Å². The first-order chi connectivity index (χ1) is 12.9. The van der Waals surface area contributed by atoms with E-state index in [4.69, 9.17) is 32.0 Å². The van der Waals surface area contributed by atoms with Crippen LogP contribution in [0, 0.1) is 5.82 Å². The van der Waals surface area contributed by atoms with Crippen LogP contribution in [0.3, 0.4) is 0 Å². The molecule has 0 saturated carbocycles. The molecule has 0 bridgehead atoms. The molecule has 0 radical (unpaired) electrons. The first-order valence-electron chi connectivity index (χ1n) is 8.18. The van der Waals surface area contributed by atoms with E-state index in [2.05, 4.69) is 5.32 Å². The lowest BCUT2D eigenvalue weighted by Crippen LogP contribution is -2.40. The van der Waals surface area contributed by atoms with Gasteiger partial charge in [-0.15, -0.1) is 0 Å². The summed E-state index contributed by atoms with van der Waals surface area (Å²) in [6, 6.07) is 8.68. The van der Waals surface area contributed by atoms with Crippen LogP contribution in [-0.4, -0.2) is 10.9 Å². The zero-order valence-electron chi connectivity index (χ0n) is 14.4. The fourth-order valence-corrected chi connectivity index (χ4v) is 3.15. The third kappa shape index (κ3) is 4.84. The fraction of sp³-hybridized carbons (Fsp3) is 0.211. The van der Waals surface area contributed by atoms with Crippen molar-refractivity contribution in [2.75, 3.05) is 0 Å². The van der Waals surface area contributed by atoms with Crippen LogP contribution in [0.4, 0.5) is 9.18 Å². The van der Waals surface area contributed by atoms with Crippen LogP contribution in [0.2, 0.25) is 10.0 Å². The molecule has 142 valence electrons. The third-order valence-electron chi connectivity index (χ3n) is 3.99. The van der Waals surface area contributed by atoms with Crippen molar-refractivity contribution < 1.29 is 18.0 Å². The van der Waals surface area contributed by atoms with Crippen LogP contribution in [0.25, 0.3) is 0 Å². The molecular weight excluding hydrogens is 394 g/mol. The highest BCUT2D eigenvalue weighted by molar-refractivity contribution is 6.35. The van der Waals surface area contributed by atoms with Gasteiger partial charge >= 0.3 is 6.03 Å². The standard InChI is InChI=1S/C19H17Cl2FN2O3/c1-12(15-8-18(22)17(21)9-16(15)20)23-19(25)24(10-13-4-2-6-26-13)11-14-5-3-7-27-14/h2-9,12H,10-11H2,1H3,(H,23,25). The second kappa shape index (κ2) is 8.50. The number of benzene rings is 1. The minimum Gasteiger partial charge on any atom is -0.467 e. The van der Waals surface area contributed by atoms with Crippen LogP contribution in [-0.2, 0) is 13.1 Å². The summed E-state index contributed by atoms with van der Waals surface area (Å²) in [7, 11) is 0. The lowest BCUT2D eigenvalue weighted by molar-refractivity contribution is 0.179. The highest BCUT2D eigenvalue weighted by Gasteiger charge is 2.21. The number of halogens is 3. The third-order valence-corrected chi connectivity index (χ3v) is 4.60. The number of rotatable bonds is 6. The lowest BCUT2D eigenvalue weighted by Gasteiger charge is -2.24. The summed E-state index contributed by atoms with van der Waals surface area (Å²) in [5.74, 6) is 0.653. The van der Waals surface area contributed by atoms with Gasteiger partial charge in [0.25, 0.3) is 0 Å². The van der Waals surface area contributed by atoms with Crippen LogP contribution >= 0.6 is 23.2 Å². The van der Waals surface area contributed by atoms with Gasteiger partial charge in [-0.25, -0.2) is 9.18 Å². The fourth-order valence-electron chi connectivity index (χ4n) is 2.60. The lowest BCUT2D eigenvalue weighted by atomic mass is 10.1. The normalized spacial score (nSPS) is 12.0. The van der Waals surface area contributed by atoms with E-state index in [0.717, 1.165) is 0 Å². The topological polar surface area (TPSA) is 58.6 Å². The van der Waals surface area contributed by atoms with Gasteiger partial charge in [-0.1, -0.05) is 23.2 Å². The molecule has 0 aliphatic carbocycles. The number of carbonyl (C=O) groups is 1. The molecule has 1 aromatic carbocycles. The van der Waals surface area contributed by atoms with E-state index in [1.54, 1.807) is 31.2 Å². The number of carbonyl (C=O) groups excluding carboxylic acids is 1. The van der Waals surface area contributed by atoms with Crippen molar-refractivity contribution in [3.63, 3.8) is 0 Å². The second-order valence-corrected chi connectivity index (χ2v) is 6.79. The smallest absolute Gasteiger partial charge is 0.318 e. The molecular formula is C19H17Cl2FN2O3. The van der Waals surface area contributed by atoms with Gasteiger partial charge in [-0.2, -0.15) is 0 Å². The average Bonchev–Trinajstić information content (AvgIpc) is 3.31. The molecule has 5 nitrogen and oxygen atoms in total. The number of hydrogen-bond acceptors (Lipinski definition) is 3. The summed E-state index contributed by atoms with van der Waals surface area (Å²) < 4.78 is 24.4. The minimum atomic E-state index is -0.597. The van der Waals surface area contributed by atoms with E-state index >= 15 is 0 Å². The molecule has 1 N–H and O–H groups in total. The van der Waals surface area contributed by atoms with Crippen molar-refractivity contribution in [3.05, 3.63) is 81.9 Å². The van der Waals surface area contributed by atoms with Crippen molar-refractivity contribution in [2.24, 2.45) is 0 Å². The van der Waals surface area contributed by atoms with Crippen LogP contribution in [0.1, 0.15) is 30.0 Å². The van der Waals surface area contributed by atoms with E-state index in [-0.39, 0.29) is 29.2 Å². The number of furan rings is 2. The molecule has 3 rings (SSSR count). The number of amides is 2. The summed E-state index contributed by atoms with van der Waals surface area (Å²) >= 11 is 11.9. The minimum absolute atomic E-state index is 0.0699. The Balaban J connectivity index is 1.76. The Bertz CT molecular complexity index is 862. The molecule has 0 aliphatic heterocycles. The molecule has 2 amide bonds. The summed E-state index contributed by atoms with van der Waals surface area (Å²) in [6.07, 6.45) is 3.08. The Kier molecular flexibility index (Phi) is 6.08. The SMILES string of the molecule is CC(NC(=O)N(Cc1ccco1)Cc1ccco1)c1cc(F)c(Cl)cc1Cl. The zero-order chi connectivity index (χ0) is 19.4. The van der Waals surface area contributed by atoms with Crippen LogP contribution < -0.4 is 5.32 Å². The molecule has 2 heterocycles. The van der Waals surface area contributed by atoms with Crippen molar-refractivity contribution >= 4 is 29.2 Å². The summed E-state index contributed by atoms with van der Waals surface area (Å²) in [6.45, 7) is 2.20. The van der Waals surface area contributed by atoms with Gasteiger partial charge in [-0.05, 0) is 48.9 Å². The quantitative estimate of drug-likeness (QED) is 0.523. The van der Waals surface area contributed by atoms with Gasteiger partial charge in [0.05, 0.1) is 36.7 Å². The largest absolute Gasteiger partial charge is 0.467 e. The van der Waals surface area contributed by atoms with Gasteiger partial charge in [0.15, 0.2) is 0 Å². The van der Waals surface area contributed by atoms with Crippen LogP contribution in [0.5, 0.6) is 0 Å². The van der Waals surface area contributed by atoms with Crippen molar-refractivity contribution in [3.8, 4) is 0 Å². The van der Waals surface area contributed by atoms with Gasteiger partial charge in [0.1, 0.15) is 17.3 Å². The van der Waals surface area contributed by atoms with Crippen LogP contribution in [0.15, 0.2) is 57.8 Å². The molecule has 1 unspecified atom stereocenters. The zero-order valence-corrected chi connectivity index (χ0v) is 15.9. The first kappa shape index (κ1) is 19.3. The van der Waals surface area contributed by atoms with Crippen molar-refractivity contribution in [1.29, 1.82) is 0 Å². The second-order valence-electron chi connectivity index (χ2n) is 5.97. The maximum Gasteiger partial charge on any atom is 0.318 e. The van der Waals surface area contributed by atoms with E-state index in [1.807, 2.05) is 0 Å². The van der Waals surface area contributed by atoms with E-state index in [0.29, 0.717) is 17.1 Å². The molecule has 0 saturated heterocycles. The molecule has 1 atom stereocenters. The Morgan fingerprint density at radius 2 is 1.70 bits per heavy atom. The maximum atomic E-state index is 13.8. The number of hydrogen-bond donors (Lipinski definition) is 1. The molecule has 2 aromatic heterocycles. The van der Waals surface area contributed by atoms with Gasteiger partial charge in [0.2, 0.25) is 0 Å². The predicted molar refractivity (Wildman–Crippen MR) is 100 cm³/mol. The molecule has 8 heteroatoms. The van der Waals surface area contributed by atoms with E-state index < -0.39 is 11.9 Å². The molecule has 0 fully saturated rings. The van der Waals surface area contributed by atoms with E-state index in [1.165, 1.54) is 29.6 Å². The van der Waals surface area contributed by atoms with Gasteiger partial charge < -0.3 is 19.1 Å². The monoisotopic (exact) mass is 410 g/mol. The van der Waals surface area contributed by atoms with Gasteiger partial charge in [-0.3, -0.25) is 0 Å². The first-order valence-corrected chi connectivity index (χ1v) is 8.94. The Morgan fingerprint density at radius 1 is 1.11 bits per heavy atom. The Morgan fingerprint density at radius 3 is 2.22 bits per heavy atom. The molecule has 27 heavy (non-hydrogen) atoms. The summed E-state index contributed by atoms with van der Waals surface area (Å²) in [5, 5.41) is 3.02. The summed E-state index contributed by atoms with van der Waals surface area (Å²) in [4.78, 5) is 14.3. The number of urea groups is 1. The number of nitrogens with one attached hydrogen (secondary N) is 1. The van der Waals surface area contributed by atoms with Crippen molar-refractivity contribution in [2.45, 2.75) is 26.1 Å². The molecule has 0 spiro atoms. The summed E-state index contributed by atoms with van der Waals surface area (Å²) in [5.41, 5.74) is 0.433.